The van der Waals surface area contributed by atoms with Crippen LogP contribution in [0, 0.1) is 11.3 Å². The maximum Gasteiger partial charge on any atom is 0.0991 e. The molecule has 1 fully saturated rings. The van der Waals surface area contributed by atoms with E-state index >= 15 is 0 Å². The summed E-state index contributed by atoms with van der Waals surface area (Å²) in [6.07, 6.45) is 10.9. The van der Waals surface area contributed by atoms with Gasteiger partial charge in [0.15, 0.2) is 0 Å². The summed E-state index contributed by atoms with van der Waals surface area (Å²) in [5, 5.41) is 17.1. The van der Waals surface area contributed by atoms with E-state index in [1.807, 2.05) is 35.1 Å². The molecule has 0 atom stereocenters. The van der Waals surface area contributed by atoms with Crippen molar-refractivity contribution in [1.29, 1.82) is 5.26 Å². The first-order chi connectivity index (χ1) is 10.4. The maximum atomic E-state index is 8.95. The van der Waals surface area contributed by atoms with Gasteiger partial charge < -0.3 is 0 Å². The standard InChI is InChI=1S/C17H18N4/c18-13-14-7-9-16(10-8-14)17(21-12-11-19-20-21)15-5-3-1-2-4-6-15/h7-12H,1-6H2. The zero-order valence-electron chi connectivity index (χ0n) is 12.0. The highest BCUT2D eigenvalue weighted by molar-refractivity contribution is 5.68. The Labute approximate surface area is 124 Å². The molecule has 4 nitrogen and oxygen atoms in total. The maximum absolute atomic E-state index is 8.95. The van der Waals surface area contributed by atoms with Gasteiger partial charge in [0.25, 0.3) is 0 Å². The van der Waals surface area contributed by atoms with Crippen LogP contribution < -0.4 is 0 Å². The fourth-order valence-electron chi connectivity index (χ4n) is 2.92. The van der Waals surface area contributed by atoms with Crippen LogP contribution in [0.15, 0.2) is 42.2 Å². The number of hydrogen-bond donors (Lipinski definition) is 0. The zero-order valence-corrected chi connectivity index (χ0v) is 12.0. The van der Waals surface area contributed by atoms with Crippen LogP contribution in [0.5, 0.6) is 0 Å². The molecule has 1 saturated carbocycles. The SMILES string of the molecule is N#Cc1ccc(C(=C2CCCCCC2)n2ccnn2)cc1. The van der Waals surface area contributed by atoms with Crippen LogP contribution >= 0.6 is 0 Å². The van der Waals surface area contributed by atoms with Crippen LogP contribution in [-0.4, -0.2) is 15.0 Å². The van der Waals surface area contributed by atoms with Gasteiger partial charge in [0.2, 0.25) is 0 Å². The molecule has 1 aliphatic carbocycles. The molecule has 4 heteroatoms. The van der Waals surface area contributed by atoms with Gasteiger partial charge in [-0.1, -0.05) is 30.2 Å². The van der Waals surface area contributed by atoms with Gasteiger partial charge in [-0.05, 0) is 43.4 Å². The van der Waals surface area contributed by atoms with Gasteiger partial charge in [0, 0.05) is 5.56 Å². The summed E-state index contributed by atoms with van der Waals surface area (Å²) >= 11 is 0. The van der Waals surface area contributed by atoms with Gasteiger partial charge in [0.1, 0.15) is 0 Å². The fraction of sp³-hybridized carbons (Fsp3) is 0.353. The van der Waals surface area contributed by atoms with E-state index in [4.69, 9.17) is 5.26 Å². The van der Waals surface area contributed by atoms with Gasteiger partial charge in [-0.15, -0.1) is 5.10 Å². The third-order valence-electron chi connectivity index (χ3n) is 3.98. The van der Waals surface area contributed by atoms with E-state index in [1.54, 1.807) is 6.20 Å². The molecule has 106 valence electrons. The highest BCUT2D eigenvalue weighted by atomic mass is 15.4. The van der Waals surface area contributed by atoms with Gasteiger partial charge in [-0.25, -0.2) is 4.68 Å². The van der Waals surface area contributed by atoms with Crippen LogP contribution in [0.1, 0.15) is 49.7 Å². The largest absolute Gasteiger partial charge is 0.220 e. The number of nitriles is 1. The smallest absolute Gasteiger partial charge is 0.0991 e. The number of nitrogens with zero attached hydrogens (tertiary/aromatic N) is 4. The van der Waals surface area contributed by atoms with Gasteiger partial charge in [-0.2, -0.15) is 5.26 Å². The second-order valence-corrected chi connectivity index (χ2v) is 5.40. The molecule has 0 N–H and O–H groups in total. The van der Waals surface area contributed by atoms with E-state index in [0.717, 1.165) is 24.1 Å². The van der Waals surface area contributed by atoms with Crippen molar-refractivity contribution < 1.29 is 0 Å². The molecular weight excluding hydrogens is 260 g/mol. The lowest BCUT2D eigenvalue weighted by atomic mass is 9.99. The summed E-state index contributed by atoms with van der Waals surface area (Å²) in [6.45, 7) is 0. The highest BCUT2D eigenvalue weighted by Gasteiger charge is 2.14. The Bertz CT molecular complexity index is 650. The second kappa shape index (κ2) is 6.36. The predicted molar refractivity (Wildman–Crippen MR) is 81.2 cm³/mol. The Morgan fingerprint density at radius 3 is 2.33 bits per heavy atom. The van der Waals surface area contributed by atoms with Gasteiger partial charge in [-0.3, -0.25) is 0 Å². The van der Waals surface area contributed by atoms with E-state index in [9.17, 15) is 0 Å². The van der Waals surface area contributed by atoms with Crippen LogP contribution in [0.2, 0.25) is 0 Å². The molecule has 0 spiro atoms. The number of allylic oxidation sites excluding steroid dienone is 1. The lowest BCUT2D eigenvalue weighted by Gasteiger charge is -2.14. The van der Waals surface area contributed by atoms with Gasteiger partial charge >= 0.3 is 0 Å². The predicted octanol–water partition coefficient (Wildman–Crippen LogP) is 3.76. The topological polar surface area (TPSA) is 54.5 Å². The molecule has 1 aromatic carbocycles. The molecular formula is C17H18N4. The Hall–Kier alpha value is -2.41. The van der Waals surface area contributed by atoms with Crippen LogP contribution in [0.25, 0.3) is 5.70 Å². The van der Waals surface area contributed by atoms with Gasteiger partial charge in [0.05, 0.1) is 29.7 Å². The first kappa shape index (κ1) is 13.6. The number of aromatic nitrogens is 3. The lowest BCUT2D eigenvalue weighted by molar-refractivity contribution is 0.702. The first-order valence-electron chi connectivity index (χ1n) is 7.48. The fourth-order valence-corrected chi connectivity index (χ4v) is 2.92. The summed E-state index contributed by atoms with van der Waals surface area (Å²) < 4.78 is 1.86. The van der Waals surface area contributed by atoms with E-state index in [2.05, 4.69) is 16.4 Å². The molecule has 0 radical (unpaired) electrons. The summed E-state index contributed by atoms with van der Waals surface area (Å²) in [7, 11) is 0. The molecule has 21 heavy (non-hydrogen) atoms. The second-order valence-electron chi connectivity index (χ2n) is 5.40. The molecule has 0 saturated heterocycles. The molecule has 0 aliphatic heterocycles. The quantitative estimate of drug-likeness (QED) is 0.786. The van der Waals surface area contributed by atoms with Crippen molar-refractivity contribution in [2.45, 2.75) is 38.5 Å². The Morgan fingerprint density at radius 1 is 1.05 bits per heavy atom. The average Bonchev–Trinajstić information content (AvgIpc) is 2.91. The number of rotatable bonds is 2. The summed E-state index contributed by atoms with van der Waals surface area (Å²) in [6, 6.07) is 9.91. The van der Waals surface area contributed by atoms with Crippen molar-refractivity contribution in [2.24, 2.45) is 0 Å². The van der Waals surface area contributed by atoms with Crippen molar-refractivity contribution >= 4 is 5.70 Å². The summed E-state index contributed by atoms with van der Waals surface area (Å²) in [5.74, 6) is 0. The van der Waals surface area contributed by atoms with Crippen molar-refractivity contribution in [2.75, 3.05) is 0 Å². The van der Waals surface area contributed by atoms with E-state index < -0.39 is 0 Å². The lowest BCUT2D eigenvalue weighted by Crippen LogP contribution is -2.04. The molecule has 0 unspecified atom stereocenters. The molecule has 3 rings (SSSR count). The average molecular weight is 278 g/mol. The van der Waals surface area contributed by atoms with Crippen LogP contribution in [-0.2, 0) is 0 Å². The van der Waals surface area contributed by atoms with Crippen molar-refractivity contribution in [3.63, 3.8) is 0 Å². The van der Waals surface area contributed by atoms with Crippen LogP contribution in [0.4, 0.5) is 0 Å². The first-order valence-corrected chi connectivity index (χ1v) is 7.48. The Kier molecular flexibility index (Phi) is 4.11. The van der Waals surface area contributed by atoms with E-state index in [1.165, 1.54) is 31.3 Å². The summed E-state index contributed by atoms with van der Waals surface area (Å²) in [4.78, 5) is 0. The monoisotopic (exact) mass is 278 g/mol. The van der Waals surface area contributed by atoms with E-state index in [-0.39, 0.29) is 0 Å². The third kappa shape index (κ3) is 3.03. The molecule has 2 aromatic rings. The zero-order chi connectivity index (χ0) is 14.5. The van der Waals surface area contributed by atoms with E-state index in [0.29, 0.717) is 5.56 Å². The molecule has 1 heterocycles. The number of benzene rings is 1. The normalized spacial score (nSPS) is 15.3. The molecule has 0 amide bonds. The number of hydrogen-bond acceptors (Lipinski definition) is 3. The Morgan fingerprint density at radius 2 is 1.76 bits per heavy atom. The molecule has 1 aromatic heterocycles. The van der Waals surface area contributed by atoms with Crippen LogP contribution in [0.3, 0.4) is 0 Å². The van der Waals surface area contributed by atoms with Crippen molar-refractivity contribution in [1.82, 2.24) is 15.0 Å². The van der Waals surface area contributed by atoms with Crippen molar-refractivity contribution in [3.05, 3.63) is 53.4 Å². The van der Waals surface area contributed by atoms with Crippen molar-refractivity contribution in [3.8, 4) is 6.07 Å². The minimum absolute atomic E-state index is 0.683. The molecule has 1 aliphatic rings. The Balaban J connectivity index is 2.07. The third-order valence-corrected chi connectivity index (χ3v) is 3.98. The minimum atomic E-state index is 0.683. The minimum Gasteiger partial charge on any atom is -0.220 e. The summed E-state index contributed by atoms with van der Waals surface area (Å²) in [5.41, 5.74) is 4.38. The highest BCUT2D eigenvalue weighted by Crippen LogP contribution is 2.30. The molecule has 0 bridgehead atoms.